The van der Waals surface area contributed by atoms with Crippen molar-refractivity contribution < 1.29 is 4.74 Å². The maximum absolute atomic E-state index is 6.55. The molecule has 2 aliphatic rings. The van der Waals surface area contributed by atoms with E-state index in [2.05, 4.69) is 147 Å². The third kappa shape index (κ3) is 6.50. The minimum atomic E-state index is 0.331. The number of ether oxygens (including phenoxy) is 1. The van der Waals surface area contributed by atoms with E-state index in [1.54, 1.807) is 0 Å². The van der Waals surface area contributed by atoms with Crippen molar-refractivity contribution in [3.8, 4) is 67.7 Å². The van der Waals surface area contributed by atoms with E-state index in [-0.39, 0.29) is 0 Å². The molecule has 0 unspecified atom stereocenters. The fraction of sp³-hybridized carbons (Fsp3) is 0.132. The normalized spacial score (nSPS) is 13.8. The Kier molecular flexibility index (Phi) is 8.44. The van der Waals surface area contributed by atoms with Crippen molar-refractivity contribution in [2.45, 2.75) is 39.5 Å². The second-order valence-corrected chi connectivity index (χ2v) is 15.8. The molecule has 0 aliphatic heterocycles. The Labute approximate surface area is 329 Å². The van der Waals surface area contributed by atoms with Crippen molar-refractivity contribution >= 4 is 0 Å². The predicted molar refractivity (Wildman–Crippen MR) is 229 cm³/mol. The summed E-state index contributed by atoms with van der Waals surface area (Å²) in [4.78, 5) is 10.0. The van der Waals surface area contributed by atoms with E-state index in [0.717, 1.165) is 34.5 Å². The van der Waals surface area contributed by atoms with Crippen molar-refractivity contribution in [2.24, 2.45) is 5.41 Å². The summed E-state index contributed by atoms with van der Waals surface area (Å²) in [6.07, 6.45) is 4.67. The molecular weight excluding hydrogens is 681 g/mol. The van der Waals surface area contributed by atoms with E-state index in [0.29, 0.717) is 17.2 Å². The van der Waals surface area contributed by atoms with E-state index in [1.165, 1.54) is 80.5 Å². The summed E-state index contributed by atoms with van der Waals surface area (Å²) in [5, 5.41) is 0. The van der Waals surface area contributed by atoms with Gasteiger partial charge in [0.15, 0.2) is 0 Å². The summed E-state index contributed by atoms with van der Waals surface area (Å²) in [7, 11) is 0. The van der Waals surface area contributed by atoms with Crippen LogP contribution < -0.4 is 4.74 Å². The van der Waals surface area contributed by atoms with E-state index in [9.17, 15) is 0 Å². The van der Waals surface area contributed by atoms with Crippen LogP contribution in [0, 0.1) is 19.3 Å². The van der Waals surface area contributed by atoms with E-state index in [4.69, 9.17) is 14.7 Å². The van der Waals surface area contributed by atoms with E-state index >= 15 is 0 Å². The van der Waals surface area contributed by atoms with Gasteiger partial charge in [-0.05, 0) is 130 Å². The molecule has 0 saturated heterocycles. The van der Waals surface area contributed by atoms with Gasteiger partial charge in [-0.15, -0.1) is 0 Å². The maximum Gasteiger partial charge on any atom is 0.222 e. The van der Waals surface area contributed by atoms with Gasteiger partial charge in [0.1, 0.15) is 0 Å². The number of fused-ring (bicyclic) bond motifs is 2. The Bertz CT molecular complexity index is 2700. The zero-order valence-electron chi connectivity index (χ0n) is 31.8. The molecule has 6 aromatic carbocycles. The van der Waals surface area contributed by atoms with E-state index in [1.807, 2.05) is 36.4 Å². The highest BCUT2D eigenvalue weighted by atomic mass is 16.5. The SMILES string of the molecule is Cc1cc(-c2ccccc2)cc(C)c1-c1cc(Oc2cccc(-c3cccc(-c4ccc5c(c4)CC4(Cc6ccccc6C4)C5)c3)n2)nc(-c2ccccc2)c1. The molecule has 3 heteroatoms. The molecule has 270 valence electrons. The molecule has 0 saturated carbocycles. The lowest BCUT2D eigenvalue weighted by molar-refractivity contribution is 0.326. The van der Waals surface area contributed by atoms with Crippen molar-refractivity contribution in [1.82, 2.24) is 9.97 Å². The highest BCUT2D eigenvalue weighted by Crippen LogP contribution is 2.48. The Morgan fingerprint density at radius 3 is 1.68 bits per heavy atom. The van der Waals surface area contributed by atoms with Gasteiger partial charge >= 0.3 is 0 Å². The van der Waals surface area contributed by atoms with Crippen molar-refractivity contribution in [3.63, 3.8) is 0 Å². The van der Waals surface area contributed by atoms with Gasteiger partial charge in [-0.25, -0.2) is 9.97 Å². The minimum Gasteiger partial charge on any atom is -0.421 e. The van der Waals surface area contributed by atoms with Gasteiger partial charge in [0, 0.05) is 23.3 Å². The second kappa shape index (κ2) is 13.9. The standard InChI is InChI=1S/C53H42N2O/c1-35-25-45(37-13-5-3-6-14-37)26-36(2)52(35)46-29-49(38-15-7-4-8-16-38)55-51(30-46)56-50-22-12-21-48(54-50)41-20-11-19-39(27-41)40-23-24-44-33-53(34-47(44)28-40)31-42-17-9-10-18-43(42)32-53/h3-30H,31-34H2,1-2H3. The van der Waals surface area contributed by atoms with Crippen LogP contribution >= 0.6 is 0 Å². The Balaban J connectivity index is 0.943. The highest BCUT2D eigenvalue weighted by Gasteiger charge is 2.41. The molecule has 0 radical (unpaired) electrons. The number of hydrogen-bond acceptors (Lipinski definition) is 3. The van der Waals surface area contributed by atoms with Crippen LogP contribution in [0.4, 0.5) is 0 Å². The first-order valence-electron chi connectivity index (χ1n) is 19.6. The predicted octanol–water partition coefficient (Wildman–Crippen LogP) is 13.1. The third-order valence-electron chi connectivity index (χ3n) is 11.8. The molecule has 3 nitrogen and oxygen atoms in total. The minimum absolute atomic E-state index is 0.331. The lowest BCUT2D eigenvalue weighted by atomic mass is 9.82. The topological polar surface area (TPSA) is 35.0 Å². The molecule has 2 aliphatic carbocycles. The number of aromatic nitrogens is 2. The van der Waals surface area contributed by atoms with Crippen molar-refractivity contribution in [1.29, 1.82) is 0 Å². The Hall–Kier alpha value is -6.58. The van der Waals surface area contributed by atoms with Crippen LogP contribution in [0.3, 0.4) is 0 Å². The van der Waals surface area contributed by atoms with Gasteiger partial charge < -0.3 is 4.74 Å². The number of aryl methyl sites for hydroxylation is 2. The highest BCUT2D eigenvalue weighted by molar-refractivity contribution is 5.80. The van der Waals surface area contributed by atoms with Gasteiger partial charge in [0.05, 0.1) is 11.4 Å². The molecule has 1 spiro atoms. The van der Waals surface area contributed by atoms with Crippen LogP contribution in [0.1, 0.15) is 33.4 Å². The fourth-order valence-electron chi connectivity index (χ4n) is 9.31. The van der Waals surface area contributed by atoms with Gasteiger partial charge in [0.2, 0.25) is 11.8 Å². The average Bonchev–Trinajstić information content (AvgIpc) is 3.78. The van der Waals surface area contributed by atoms with Crippen LogP contribution in [0.5, 0.6) is 11.8 Å². The lowest BCUT2D eigenvalue weighted by Gasteiger charge is -2.21. The zero-order valence-corrected chi connectivity index (χ0v) is 31.8. The molecule has 0 N–H and O–H groups in total. The first kappa shape index (κ1) is 33.9. The molecule has 2 aromatic heterocycles. The van der Waals surface area contributed by atoms with Crippen LogP contribution in [0.15, 0.2) is 170 Å². The number of rotatable bonds is 7. The van der Waals surface area contributed by atoms with Crippen molar-refractivity contribution in [3.05, 3.63) is 203 Å². The number of hydrogen-bond donors (Lipinski definition) is 0. The van der Waals surface area contributed by atoms with Crippen LogP contribution in [0.25, 0.3) is 55.9 Å². The lowest BCUT2D eigenvalue weighted by Crippen LogP contribution is -2.21. The first-order valence-corrected chi connectivity index (χ1v) is 19.6. The smallest absolute Gasteiger partial charge is 0.222 e. The summed E-state index contributed by atoms with van der Waals surface area (Å²) in [6.45, 7) is 4.37. The number of pyridine rings is 2. The van der Waals surface area contributed by atoms with Crippen LogP contribution in [0.2, 0.25) is 0 Å². The van der Waals surface area contributed by atoms with Gasteiger partial charge in [-0.3, -0.25) is 0 Å². The molecule has 0 amide bonds. The summed E-state index contributed by atoms with van der Waals surface area (Å²) < 4.78 is 6.55. The fourth-order valence-corrected chi connectivity index (χ4v) is 9.31. The molecule has 2 heterocycles. The maximum atomic E-state index is 6.55. The summed E-state index contributed by atoms with van der Waals surface area (Å²) in [5.41, 5.74) is 19.7. The largest absolute Gasteiger partial charge is 0.421 e. The Morgan fingerprint density at radius 1 is 0.375 bits per heavy atom. The quantitative estimate of drug-likeness (QED) is 0.164. The molecule has 0 fully saturated rings. The molecule has 8 aromatic rings. The average molecular weight is 723 g/mol. The van der Waals surface area contributed by atoms with Gasteiger partial charge in [0.25, 0.3) is 0 Å². The molecule has 0 atom stereocenters. The van der Waals surface area contributed by atoms with Crippen LogP contribution in [-0.4, -0.2) is 9.97 Å². The molecule has 10 rings (SSSR count). The van der Waals surface area contributed by atoms with E-state index < -0.39 is 0 Å². The van der Waals surface area contributed by atoms with Gasteiger partial charge in [-0.2, -0.15) is 0 Å². The Morgan fingerprint density at radius 2 is 0.946 bits per heavy atom. The monoisotopic (exact) mass is 722 g/mol. The zero-order chi connectivity index (χ0) is 37.6. The summed E-state index contributed by atoms with van der Waals surface area (Å²) >= 11 is 0. The summed E-state index contributed by atoms with van der Waals surface area (Å²) in [6, 6.07) is 60.4. The third-order valence-corrected chi connectivity index (χ3v) is 11.8. The molecule has 0 bridgehead atoms. The molecule has 56 heavy (non-hydrogen) atoms. The second-order valence-electron chi connectivity index (χ2n) is 15.8. The van der Waals surface area contributed by atoms with Crippen molar-refractivity contribution in [2.75, 3.05) is 0 Å². The number of benzene rings is 6. The number of nitrogens with zero attached hydrogens (tertiary/aromatic N) is 2. The van der Waals surface area contributed by atoms with Gasteiger partial charge in [-0.1, -0.05) is 140 Å². The summed E-state index contributed by atoms with van der Waals surface area (Å²) in [5.74, 6) is 1.01. The van der Waals surface area contributed by atoms with Crippen LogP contribution in [-0.2, 0) is 25.7 Å². The molecular formula is C53H42N2O. The first-order chi connectivity index (χ1) is 27.4.